The lowest BCUT2D eigenvalue weighted by Gasteiger charge is -2.49. The molecule has 0 unspecified atom stereocenters. The molecule has 474 valence electrons. The van der Waals surface area contributed by atoms with Crippen LogP contribution in [0.1, 0.15) is 103 Å². The van der Waals surface area contributed by atoms with Crippen molar-refractivity contribution in [1.29, 1.82) is 0 Å². The van der Waals surface area contributed by atoms with Gasteiger partial charge in [-0.2, -0.15) is 4.98 Å². The first-order chi connectivity index (χ1) is 47.6. The van der Waals surface area contributed by atoms with Crippen molar-refractivity contribution in [3.8, 4) is 11.6 Å². The van der Waals surface area contributed by atoms with Crippen LogP contribution in [0.25, 0.3) is 0 Å². The summed E-state index contributed by atoms with van der Waals surface area (Å²) in [6.07, 6.45) is 4.49. The van der Waals surface area contributed by atoms with Crippen molar-refractivity contribution >= 4 is 155 Å². The number of pyridine rings is 1. The topological polar surface area (TPSA) is 38.3 Å². The fraction of sp³-hybridized carbons (Fsp3) is 0.184. The highest BCUT2D eigenvalue weighted by atomic mass is 32.2. The number of hydrogen-bond donors (Lipinski definition) is 0. The molecule has 11 aromatic carbocycles. The van der Waals surface area contributed by atoms with Crippen LogP contribution in [0.4, 0.5) is 85.4 Å². The van der Waals surface area contributed by atoms with E-state index in [1.165, 1.54) is 92.1 Å². The predicted molar refractivity (Wildman–Crippen MR) is 412 cm³/mol. The molecule has 0 bridgehead atoms. The first-order valence-corrected chi connectivity index (χ1v) is 36.5. The van der Waals surface area contributed by atoms with Crippen LogP contribution in [0.15, 0.2) is 262 Å². The maximum atomic E-state index is 7.30. The summed E-state index contributed by atoms with van der Waals surface area (Å²) in [5, 5.41) is 0. The van der Waals surface area contributed by atoms with E-state index in [4.69, 9.17) is 9.72 Å². The van der Waals surface area contributed by atoms with Crippen LogP contribution in [0.5, 0.6) is 11.6 Å². The Morgan fingerprint density at radius 2 is 0.714 bits per heavy atom. The molecule has 1 aromatic heterocycles. The lowest BCUT2D eigenvalue weighted by Crippen LogP contribution is -2.65. The van der Waals surface area contributed by atoms with Crippen LogP contribution >= 0.6 is 23.5 Å². The summed E-state index contributed by atoms with van der Waals surface area (Å²) in [6.45, 7) is 19.4. The number of hydrogen-bond acceptors (Lipinski definition) is 9. The van der Waals surface area contributed by atoms with Gasteiger partial charge in [0, 0.05) is 76.6 Å². The monoisotopic (exact) mass is 1300 g/mol. The molecular formula is C87H72B2N6OS2. The molecule has 7 heterocycles. The molecule has 11 heteroatoms. The van der Waals surface area contributed by atoms with Crippen LogP contribution in [0, 0.1) is 0 Å². The second kappa shape index (κ2) is 20.9. The SMILES string of the molecule is CC1(C)CCC(C)(C)c2cc(N3c4cc5c(cc4B4c6cc7c(cc6N(c6ccccc6)c6cc(N8c9ccccc9Sc9ccccc98)cc3c64)N(c3ccccc3)c3cc(N4c6ccccc6Sc6ccccc64)nc4c3B7c3ccccc3O4)C(C)(C)CCC5(C)C)ccc21. The molecule has 0 atom stereocenters. The number of ether oxygens (including phenoxy) is 1. The van der Waals surface area contributed by atoms with Gasteiger partial charge < -0.3 is 24.3 Å². The molecule has 20 rings (SSSR count). The summed E-state index contributed by atoms with van der Waals surface area (Å²) in [6, 6.07) is 92.1. The van der Waals surface area contributed by atoms with E-state index >= 15 is 0 Å². The van der Waals surface area contributed by atoms with Gasteiger partial charge in [-0.3, -0.25) is 4.90 Å². The van der Waals surface area contributed by atoms with Gasteiger partial charge in [-0.05, 0) is 212 Å². The quantitative estimate of drug-likeness (QED) is 0.157. The van der Waals surface area contributed by atoms with Crippen molar-refractivity contribution in [3.63, 3.8) is 0 Å². The van der Waals surface area contributed by atoms with E-state index in [1.807, 2.05) is 23.5 Å². The summed E-state index contributed by atoms with van der Waals surface area (Å²) in [5.41, 5.74) is 28.9. The minimum absolute atomic E-state index is 0.0261. The van der Waals surface area contributed by atoms with E-state index in [9.17, 15) is 0 Å². The van der Waals surface area contributed by atoms with Gasteiger partial charge in [-0.15, -0.1) is 0 Å². The van der Waals surface area contributed by atoms with E-state index in [0.29, 0.717) is 5.88 Å². The van der Waals surface area contributed by atoms with E-state index in [2.05, 4.69) is 323 Å². The molecule has 0 fully saturated rings. The highest BCUT2D eigenvalue weighted by molar-refractivity contribution is 8.00. The van der Waals surface area contributed by atoms with Crippen LogP contribution in [-0.2, 0) is 21.7 Å². The van der Waals surface area contributed by atoms with E-state index in [1.54, 1.807) is 0 Å². The smallest absolute Gasteiger partial charge is 0.258 e. The average molecular weight is 1300 g/mol. The Kier molecular flexibility index (Phi) is 12.4. The molecule has 7 nitrogen and oxygen atoms in total. The predicted octanol–water partition coefficient (Wildman–Crippen LogP) is 20.1. The summed E-state index contributed by atoms with van der Waals surface area (Å²) in [7, 11) is 0. The number of rotatable bonds is 5. The lowest BCUT2D eigenvalue weighted by molar-refractivity contribution is 0.332. The van der Waals surface area contributed by atoms with Crippen molar-refractivity contribution < 1.29 is 4.74 Å². The highest BCUT2D eigenvalue weighted by Crippen LogP contribution is 2.58. The molecule has 0 saturated carbocycles. The van der Waals surface area contributed by atoms with Crippen molar-refractivity contribution in [1.82, 2.24) is 4.98 Å². The summed E-state index contributed by atoms with van der Waals surface area (Å²) < 4.78 is 7.30. The van der Waals surface area contributed by atoms with Gasteiger partial charge in [0.1, 0.15) is 11.6 Å². The van der Waals surface area contributed by atoms with Crippen LogP contribution in [-0.4, -0.2) is 18.4 Å². The van der Waals surface area contributed by atoms with E-state index in [-0.39, 0.29) is 35.1 Å². The summed E-state index contributed by atoms with van der Waals surface area (Å²) >= 11 is 3.67. The van der Waals surface area contributed by atoms with E-state index in [0.717, 1.165) is 99.4 Å². The number of nitrogens with zero attached hydrogens (tertiary/aromatic N) is 6. The van der Waals surface area contributed by atoms with Gasteiger partial charge in [0.05, 0.1) is 34.1 Å². The first-order valence-electron chi connectivity index (χ1n) is 34.9. The third-order valence-electron chi connectivity index (χ3n) is 23.2. The van der Waals surface area contributed by atoms with Crippen LogP contribution in [0.3, 0.4) is 0 Å². The molecule has 0 spiro atoms. The van der Waals surface area contributed by atoms with Crippen molar-refractivity contribution in [3.05, 3.63) is 265 Å². The van der Waals surface area contributed by atoms with Gasteiger partial charge >= 0.3 is 0 Å². The average Bonchev–Trinajstić information content (AvgIpc) is 0.681. The standard InChI is InChI=1S/C87H72B2N6OS2/c1-84(2)41-42-85(3,4)58-45-55(39-40-57(58)84)93-69-49-60-59(86(5,6)43-44-87(60,7)8)48-62(69)89-64-50-63-70(51-71(64)91(53-25-11-9-12-26-53)72-46-56(47-73(93)81(72)89)94-65-30-16-21-35-76(65)97-77-36-22-17-31-66(77)94)92(54-27-13-10-14-28-54)74-52-80(90-83-82(74)88(63)61-29-15-20-34-75(61)96-83)95-67-32-18-23-37-78(67)98-79-38-24-19-33-68(79)95/h9-40,45-52H,41-44H2,1-8H3. The minimum Gasteiger partial charge on any atom is -0.440 e. The third kappa shape index (κ3) is 8.45. The second-order valence-corrected chi connectivity index (χ2v) is 32.9. The summed E-state index contributed by atoms with van der Waals surface area (Å²) in [4.78, 5) is 23.4. The van der Waals surface area contributed by atoms with Gasteiger partial charge in [-0.25, -0.2) is 0 Å². The van der Waals surface area contributed by atoms with Crippen LogP contribution in [0.2, 0.25) is 0 Å². The number of fused-ring (bicyclic) bond motifs is 14. The molecule has 12 aromatic rings. The Labute approximate surface area is 584 Å². The molecule has 8 aliphatic rings. The maximum absolute atomic E-state index is 7.30. The van der Waals surface area contributed by atoms with Gasteiger partial charge in [0.25, 0.3) is 13.4 Å². The molecule has 0 saturated heterocycles. The maximum Gasteiger partial charge on any atom is 0.258 e. The Morgan fingerprint density at radius 3 is 1.27 bits per heavy atom. The van der Waals surface area contributed by atoms with Gasteiger partial charge in [-0.1, -0.05) is 200 Å². The van der Waals surface area contributed by atoms with Crippen LogP contribution < -0.4 is 62.0 Å². The number of anilines is 15. The lowest BCUT2D eigenvalue weighted by atomic mass is 9.30. The second-order valence-electron chi connectivity index (χ2n) is 30.7. The molecular weight excluding hydrogens is 1230 g/mol. The Morgan fingerprint density at radius 1 is 0.306 bits per heavy atom. The Bertz CT molecular complexity index is 5330. The normalized spacial score (nSPS) is 17.4. The highest BCUT2D eigenvalue weighted by Gasteiger charge is 2.51. The zero-order valence-electron chi connectivity index (χ0n) is 56.5. The van der Waals surface area contributed by atoms with Crippen molar-refractivity contribution in [2.45, 2.75) is 122 Å². The molecule has 0 N–H and O–H groups in total. The zero-order valence-corrected chi connectivity index (χ0v) is 58.1. The van der Waals surface area contributed by atoms with Crippen molar-refractivity contribution in [2.24, 2.45) is 0 Å². The minimum atomic E-state index is -0.236. The first kappa shape index (κ1) is 58.4. The largest absolute Gasteiger partial charge is 0.440 e. The van der Waals surface area contributed by atoms with Gasteiger partial charge in [0.15, 0.2) is 0 Å². The summed E-state index contributed by atoms with van der Waals surface area (Å²) in [5.74, 6) is 2.24. The molecule has 0 amide bonds. The molecule has 2 aliphatic carbocycles. The third-order valence-corrected chi connectivity index (χ3v) is 25.4. The fourth-order valence-electron chi connectivity index (χ4n) is 18.0. The Balaban J connectivity index is 0.917. The molecule has 6 aliphatic heterocycles. The molecule has 98 heavy (non-hydrogen) atoms. The Hall–Kier alpha value is -9.80. The number of benzene rings is 11. The van der Waals surface area contributed by atoms with Gasteiger partial charge in [0.2, 0.25) is 5.88 Å². The van der Waals surface area contributed by atoms with Crippen molar-refractivity contribution in [2.75, 3.05) is 24.5 Å². The number of para-hydroxylation sites is 7. The fourth-order valence-corrected chi connectivity index (χ4v) is 20.1. The molecule has 0 radical (unpaired) electrons. The number of aromatic nitrogens is 1. The zero-order chi connectivity index (χ0) is 65.9. The van der Waals surface area contributed by atoms with E-state index < -0.39 is 0 Å².